The molecule has 1 fully saturated rings. The first kappa shape index (κ1) is 18.0. The Labute approximate surface area is 152 Å². The van der Waals surface area contributed by atoms with Crippen molar-refractivity contribution in [2.75, 3.05) is 25.5 Å². The van der Waals surface area contributed by atoms with Gasteiger partial charge >= 0.3 is 0 Å². The summed E-state index contributed by atoms with van der Waals surface area (Å²) in [4.78, 5) is 27.1. The molecule has 1 saturated heterocycles. The molecule has 3 rings (SSSR count). The van der Waals surface area contributed by atoms with Gasteiger partial charge in [0.25, 0.3) is 5.91 Å². The van der Waals surface area contributed by atoms with Gasteiger partial charge in [0, 0.05) is 39.4 Å². The van der Waals surface area contributed by atoms with Crippen LogP contribution in [0.25, 0.3) is 0 Å². The van der Waals surface area contributed by atoms with Crippen molar-refractivity contribution in [3.63, 3.8) is 0 Å². The van der Waals surface area contributed by atoms with Gasteiger partial charge in [-0.15, -0.1) is 0 Å². The minimum atomic E-state index is -0.777. The summed E-state index contributed by atoms with van der Waals surface area (Å²) in [7, 11) is 3.45. The maximum Gasteiger partial charge on any atom is 0.257 e. The van der Waals surface area contributed by atoms with Crippen molar-refractivity contribution in [2.24, 2.45) is 7.05 Å². The molecule has 26 heavy (non-hydrogen) atoms. The molecule has 2 aromatic heterocycles. The Hall–Kier alpha value is -2.77. The number of hydrogen-bond donors (Lipinski definition) is 2. The van der Waals surface area contributed by atoms with Crippen LogP contribution >= 0.6 is 0 Å². The molecule has 8 nitrogen and oxygen atoms in total. The van der Waals surface area contributed by atoms with E-state index in [0.717, 1.165) is 5.76 Å². The van der Waals surface area contributed by atoms with Gasteiger partial charge in [-0.2, -0.15) is 5.10 Å². The molecule has 0 unspecified atom stereocenters. The van der Waals surface area contributed by atoms with E-state index in [1.54, 1.807) is 29.6 Å². The van der Waals surface area contributed by atoms with Crippen molar-refractivity contribution in [2.45, 2.75) is 32.2 Å². The van der Waals surface area contributed by atoms with Crippen LogP contribution in [0.3, 0.4) is 0 Å². The lowest BCUT2D eigenvalue weighted by atomic mass is 9.86. The van der Waals surface area contributed by atoms with Crippen LogP contribution in [0, 0.1) is 13.8 Å². The summed E-state index contributed by atoms with van der Waals surface area (Å²) >= 11 is 0. The van der Waals surface area contributed by atoms with Crippen molar-refractivity contribution >= 4 is 17.6 Å². The Morgan fingerprint density at radius 2 is 1.96 bits per heavy atom. The number of hydrogen-bond acceptors (Lipinski definition) is 5. The van der Waals surface area contributed by atoms with Crippen LogP contribution in [0.2, 0.25) is 0 Å². The van der Waals surface area contributed by atoms with Crippen molar-refractivity contribution in [1.29, 1.82) is 0 Å². The second-order valence-electron chi connectivity index (χ2n) is 6.78. The predicted octanol–water partition coefficient (Wildman–Crippen LogP) is 1.46. The van der Waals surface area contributed by atoms with Crippen LogP contribution in [-0.4, -0.2) is 52.2 Å². The summed E-state index contributed by atoms with van der Waals surface area (Å²) in [5.41, 5.74) is -0.186. The molecule has 1 aliphatic heterocycles. The number of nitrogens with zero attached hydrogens (tertiary/aromatic N) is 3. The monoisotopic (exact) mass is 359 g/mol. The van der Waals surface area contributed by atoms with E-state index < -0.39 is 5.54 Å². The first-order valence-corrected chi connectivity index (χ1v) is 8.71. The molecule has 140 valence electrons. The van der Waals surface area contributed by atoms with E-state index >= 15 is 0 Å². The molecule has 0 radical (unpaired) electrons. The second kappa shape index (κ2) is 6.86. The van der Waals surface area contributed by atoms with E-state index in [9.17, 15) is 9.59 Å². The van der Waals surface area contributed by atoms with E-state index in [0.29, 0.717) is 43.1 Å². The number of furan rings is 1. The molecule has 8 heteroatoms. The number of likely N-dealkylation sites (tertiary alicyclic amines) is 1. The number of piperidine rings is 1. The van der Waals surface area contributed by atoms with E-state index in [-0.39, 0.29) is 11.8 Å². The van der Waals surface area contributed by atoms with Crippen molar-refractivity contribution in [3.8, 4) is 0 Å². The number of aryl methyl sites for hydroxylation is 3. The van der Waals surface area contributed by atoms with Gasteiger partial charge in [0.1, 0.15) is 22.9 Å². The number of carbonyl (C=O) groups is 2. The van der Waals surface area contributed by atoms with Gasteiger partial charge in [-0.05, 0) is 32.8 Å². The topological polar surface area (TPSA) is 92.4 Å². The fourth-order valence-corrected chi connectivity index (χ4v) is 3.48. The van der Waals surface area contributed by atoms with Gasteiger partial charge in [0.15, 0.2) is 0 Å². The molecule has 0 spiro atoms. The highest BCUT2D eigenvalue weighted by Gasteiger charge is 2.42. The molecule has 2 aromatic rings. The van der Waals surface area contributed by atoms with E-state index in [2.05, 4.69) is 15.7 Å². The number of carbonyl (C=O) groups excluding carboxylic acids is 2. The molecule has 2 N–H and O–H groups in total. The van der Waals surface area contributed by atoms with Gasteiger partial charge in [-0.25, -0.2) is 0 Å². The summed E-state index contributed by atoms with van der Waals surface area (Å²) in [5.74, 6) is 1.85. The quantitative estimate of drug-likeness (QED) is 0.862. The molecule has 0 atom stereocenters. The van der Waals surface area contributed by atoms with Crippen molar-refractivity contribution in [3.05, 3.63) is 35.4 Å². The lowest BCUT2D eigenvalue weighted by Crippen LogP contribution is -2.58. The number of rotatable bonds is 4. The molecule has 3 heterocycles. The average Bonchev–Trinajstić information content (AvgIpc) is 3.18. The minimum Gasteiger partial charge on any atom is -0.466 e. The average molecular weight is 359 g/mol. The molecule has 0 saturated carbocycles. The highest BCUT2D eigenvalue weighted by molar-refractivity contribution is 5.96. The van der Waals surface area contributed by atoms with Crippen LogP contribution in [0.4, 0.5) is 5.82 Å². The largest absolute Gasteiger partial charge is 0.466 e. The van der Waals surface area contributed by atoms with Crippen LogP contribution in [0.1, 0.15) is 34.7 Å². The molecular weight excluding hydrogens is 334 g/mol. The zero-order chi connectivity index (χ0) is 18.9. The molecule has 1 aliphatic rings. The number of nitrogens with one attached hydrogen (secondary N) is 2. The van der Waals surface area contributed by atoms with Crippen molar-refractivity contribution in [1.82, 2.24) is 20.0 Å². The lowest BCUT2D eigenvalue weighted by Gasteiger charge is -2.40. The molecule has 2 amide bonds. The van der Waals surface area contributed by atoms with Crippen LogP contribution in [0.5, 0.6) is 0 Å². The van der Waals surface area contributed by atoms with Crippen LogP contribution in [-0.2, 0) is 11.8 Å². The highest BCUT2D eigenvalue weighted by atomic mass is 16.3. The maximum atomic E-state index is 12.8. The third-order valence-electron chi connectivity index (χ3n) is 4.92. The normalized spacial score (nSPS) is 16.4. The summed E-state index contributed by atoms with van der Waals surface area (Å²) in [6.45, 7) is 4.58. The van der Waals surface area contributed by atoms with Crippen molar-refractivity contribution < 1.29 is 14.0 Å². The summed E-state index contributed by atoms with van der Waals surface area (Å²) < 4.78 is 7.15. The zero-order valence-electron chi connectivity index (χ0n) is 15.6. The summed E-state index contributed by atoms with van der Waals surface area (Å²) in [5, 5.41) is 10.3. The maximum absolute atomic E-state index is 12.8. The Balaban J connectivity index is 1.75. The van der Waals surface area contributed by atoms with Gasteiger partial charge in [0.2, 0.25) is 5.91 Å². The van der Waals surface area contributed by atoms with Crippen LogP contribution < -0.4 is 10.6 Å². The van der Waals surface area contributed by atoms with Gasteiger partial charge < -0.3 is 20.0 Å². The number of amides is 2. The fourth-order valence-electron chi connectivity index (χ4n) is 3.48. The Kier molecular flexibility index (Phi) is 4.76. The summed E-state index contributed by atoms with van der Waals surface area (Å²) in [6, 6.07) is 3.60. The SMILES string of the molecule is CNC(=O)C1(Nc2ccn(C)n2)CCN(C(=O)c2cc(C)oc2C)CC1. The lowest BCUT2D eigenvalue weighted by molar-refractivity contribution is -0.126. The Morgan fingerprint density at radius 3 is 2.46 bits per heavy atom. The zero-order valence-corrected chi connectivity index (χ0v) is 15.6. The molecule has 0 aromatic carbocycles. The number of likely N-dealkylation sites (N-methyl/N-ethyl adjacent to an activating group) is 1. The third-order valence-corrected chi connectivity index (χ3v) is 4.92. The minimum absolute atomic E-state index is 0.0531. The second-order valence-corrected chi connectivity index (χ2v) is 6.78. The number of aromatic nitrogens is 2. The van der Waals surface area contributed by atoms with E-state index in [1.807, 2.05) is 26.2 Å². The standard InChI is InChI=1S/C18H25N5O3/c1-12-11-14(13(2)26-12)16(24)23-9-6-18(7-10-23,17(25)19-3)20-15-5-8-22(4)21-15/h5,8,11H,6-7,9-10H2,1-4H3,(H,19,25)(H,20,21). The molecule has 0 bridgehead atoms. The summed E-state index contributed by atoms with van der Waals surface area (Å²) in [6.07, 6.45) is 2.83. The number of anilines is 1. The Bertz CT molecular complexity index is 815. The highest BCUT2D eigenvalue weighted by Crippen LogP contribution is 2.28. The fraction of sp³-hybridized carbons (Fsp3) is 0.500. The third kappa shape index (κ3) is 3.31. The predicted molar refractivity (Wildman–Crippen MR) is 96.9 cm³/mol. The van der Waals surface area contributed by atoms with Gasteiger partial charge in [0.05, 0.1) is 5.56 Å². The first-order chi connectivity index (χ1) is 12.3. The smallest absolute Gasteiger partial charge is 0.257 e. The first-order valence-electron chi connectivity index (χ1n) is 8.71. The Morgan fingerprint density at radius 1 is 1.27 bits per heavy atom. The van der Waals surface area contributed by atoms with E-state index in [1.165, 1.54) is 0 Å². The van der Waals surface area contributed by atoms with Crippen LogP contribution in [0.15, 0.2) is 22.7 Å². The van der Waals surface area contributed by atoms with Gasteiger partial charge in [-0.3, -0.25) is 14.3 Å². The van der Waals surface area contributed by atoms with Gasteiger partial charge in [-0.1, -0.05) is 0 Å². The molecule has 0 aliphatic carbocycles. The molecular formula is C18H25N5O3. The van der Waals surface area contributed by atoms with E-state index in [4.69, 9.17) is 4.42 Å².